The Labute approximate surface area is 111 Å². The molecule has 2 atom stereocenters. The molecule has 100 valence electrons. The summed E-state index contributed by atoms with van der Waals surface area (Å²) in [5, 5.41) is 3.38. The number of nitrogens with one attached hydrogen (secondary N) is 1. The molecule has 0 aromatic heterocycles. The number of halogens is 1. The van der Waals surface area contributed by atoms with Crippen LogP contribution in [0.1, 0.15) is 39.5 Å². The van der Waals surface area contributed by atoms with E-state index in [-0.39, 0.29) is 12.4 Å². The summed E-state index contributed by atoms with van der Waals surface area (Å²) in [7, 11) is 1.96. The van der Waals surface area contributed by atoms with E-state index in [1.54, 1.807) is 0 Å². The minimum Gasteiger partial charge on any atom is -0.343 e. The first kappa shape index (κ1) is 14.8. The van der Waals surface area contributed by atoms with Gasteiger partial charge < -0.3 is 10.2 Å². The topological polar surface area (TPSA) is 32.3 Å². The van der Waals surface area contributed by atoms with Crippen LogP contribution in [0.5, 0.6) is 0 Å². The zero-order valence-electron chi connectivity index (χ0n) is 11.2. The van der Waals surface area contributed by atoms with Gasteiger partial charge in [-0.25, -0.2) is 0 Å². The maximum Gasteiger partial charge on any atom is 0.226 e. The van der Waals surface area contributed by atoms with Crippen LogP contribution in [0, 0.1) is 11.3 Å². The van der Waals surface area contributed by atoms with Crippen LogP contribution in [0.2, 0.25) is 0 Å². The molecule has 1 N–H and O–H groups in total. The van der Waals surface area contributed by atoms with Gasteiger partial charge in [0.05, 0.1) is 0 Å². The zero-order valence-corrected chi connectivity index (χ0v) is 12.0. The van der Waals surface area contributed by atoms with Crippen LogP contribution in [-0.4, -0.2) is 37.0 Å². The molecule has 0 aromatic carbocycles. The Morgan fingerprint density at radius 2 is 2.06 bits per heavy atom. The van der Waals surface area contributed by atoms with Crippen molar-refractivity contribution in [3.05, 3.63) is 0 Å². The Bertz CT molecular complexity index is 277. The highest BCUT2D eigenvalue weighted by molar-refractivity contribution is 5.85. The second-order valence-electron chi connectivity index (χ2n) is 5.58. The van der Waals surface area contributed by atoms with Gasteiger partial charge in [0.15, 0.2) is 0 Å². The molecule has 1 aliphatic carbocycles. The van der Waals surface area contributed by atoms with Gasteiger partial charge >= 0.3 is 0 Å². The molecule has 3 nitrogen and oxygen atoms in total. The second-order valence-corrected chi connectivity index (χ2v) is 5.58. The van der Waals surface area contributed by atoms with E-state index in [9.17, 15) is 4.79 Å². The number of piperidine rings is 1. The molecule has 0 aromatic rings. The van der Waals surface area contributed by atoms with Crippen molar-refractivity contribution in [2.45, 2.75) is 45.6 Å². The van der Waals surface area contributed by atoms with Crippen molar-refractivity contribution in [1.29, 1.82) is 0 Å². The smallest absolute Gasteiger partial charge is 0.226 e. The molecule has 2 aliphatic rings. The van der Waals surface area contributed by atoms with Crippen molar-refractivity contribution in [2.24, 2.45) is 11.3 Å². The van der Waals surface area contributed by atoms with Gasteiger partial charge in [0, 0.05) is 19.0 Å². The summed E-state index contributed by atoms with van der Waals surface area (Å²) >= 11 is 0. The standard InChI is InChI=1S/C13H24N2O.ClH/c1-4-10(2)15(3)12(16)11-9-13(11)5-7-14-8-6-13;/h10-11,14H,4-9H2,1-3H3;1H. The fourth-order valence-electron chi connectivity index (χ4n) is 2.91. The normalized spacial score (nSPS) is 27.1. The number of rotatable bonds is 3. The van der Waals surface area contributed by atoms with E-state index in [2.05, 4.69) is 19.2 Å². The van der Waals surface area contributed by atoms with E-state index in [4.69, 9.17) is 0 Å². The van der Waals surface area contributed by atoms with Gasteiger partial charge in [-0.15, -0.1) is 12.4 Å². The molecule has 2 unspecified atom stereocenters. The molecule has 1 saturated carbocycles. The fourth-order valence-corrected chi connectivity index (χ4v) is 2.91. The largest absolute Gasteiger partial charge is 0.343 e. The predicted molar refractivity (Wildman–Crippen MR) is 72.4 cm³/mol. The summed E-state index contributed by atoms with van der Waals surface area (Å²) < 4.78 is 0. The maximum absolute atomic E-state index is 12.3. The van der Waals surface area contributed by atoms with E-state index in [1.807, 2.05) is 11.9 Å². The average molecular weight is 261 g/mol. The molecule has 1 heterocycles. The quantitative estimate of drug-likeness (QED) is 0.843. The molecule has 17 heavy (non-hydrogen) atoms. The van der Waals surface area contributed by atoms with Gasteiger partial charge in [0.2, 0.25) is 5.91 Å². The molecule has 2 rings (SSSR count). The van der Waals surface area contributed by atoms with Crippen LogP contribution >= 0.6 is 12.4 Å². The third-order valence-corrected chi connectivity index (χ3v) is 4.69. The Balaban J connectivity index is 0.00000144. The van der Waals surface area contributed by atoms with Crippen molar-refractivity contribution in [1.82, 2.24) is 10.2 Å². The molecule has 2 fully saturated rings. The van der Waals surface area contributed by atoms with Gasteiger partial charge in [-0.1, -0.05) is 6.92 Å². The molecule has 0 radical (unpaired) electrons. The predicted octanol–water partition coefficient (Wildman–Crippen LogP) is 2.05. The number of carbonyl (C=O) groups is 1. The zero-order chi connectivity index (χ0) is 11.8. The highest BCUT2D eigenvalue weighted by Gasteiger charge is 2.58. The third kappa shape index (κ3) is 2.76. The Kier molecular flexibility index (Phi) is 4.85. The summed E-state index contributed by atoms with van der Waals surface area (Å²) in [6.07, 6.45) is 4.56. The Morgan fingerprint density at radius 1 is 1.47 bits per heavy atom. The summed E-state index contributed by atoms with van der Waals surface area (Å²) in [5.41, 5.74) is 0.379. The Morgan fingerprint density at radius 3 is 2.59 bits per heavy atom. The van der Waals surface area contributed by atoms with E-state index in [0.717, 1.165) is 25.9 Å². The highest BCUT2D eigenvalue weighted by atomic mass is 35.5. The Hall–Kier alpha value is -0.280. The first-order chi connectivity index (χ1) is 7.60. The average Bonchev–Trinajstić information content (AvgIpc) is 3.00. The number of hydrogen-bond acceptors (Lipinski definition) is 2. The summed E-state index contributed by atoms with van der Waals surface area (Å²) in [4.78, 5) is 14.2. The van der Waals surface area contributed by atoms with Crippen molar-refractivity contribution in [3.63, 3.8) is 0 Å². The van der Waals surface area contributed by atoms with Gasteiger partial charge in [-0.3, -0.25) is 4.79 Å². The lowest BCUT2D eigenvalue weighted by molar-refractivity contribution is -0.134. The number of carbonyl (C=O) groups excluding carboxylic acids is 1. The number of nitrogens with zero attached hydrogens (tertiary/aromatic N) is 1. The first-order valence-electron chi connectivity index (χ1n) is 6.58. The number of hydrogen-bond donors (Lipinski definition) is 1. The molecule has 1 saturated heterocycles. The van der Waals surface area contributed by atoms with E-state index in [1.165, 1.54) is 12.8 Å². The minimum absolute atomic E-state index is 0. The van der Waals surface area contributed by atoms with Crippen LogP contribution in [0.25, 0.3) is 0 Å². The van der Waals surface area contributed by atoms with E-state index in [0.29, 0.717) is 23.3 Å². The van der Waals surface area contributed by atoms with Gasteiger partial charge in [0.1, 0.15) is 0 Å². The molecule has 1 spiro atoms. The lowest BCUT2D eigenvalue weighted by Gasteiger charge is -2.27. The van der Waals surface area contributed by atoms with E-state index >= 15 is 0 Å². The molecule has 0 bridgehead atoms. The molecular weight excluding hydrogens is 236 g/mol. The minimum atomic E-state index is 0. The SMILES string of the molecule is CCC(C)N(C)C(=O)C1CC12CCNCC2.Cl. The van der Waals surface area contributed by atoms with Crippen LogP contribution in [0.4, 0.5) is 0 Å². The lowest BCUT2D eigenvalue weighted by atomic mass is 9.91. The second kappa shape index (κ2) is 5.57. The van der Waals surface area contributed by atoms with Gasteiger partial charge in [-0.05, 0) is 51.1 Å². The first-order valence-corrected chi connectivity index (χ1v) is 6.58. The molecule has 4 heteroatoms. The third-order valence-electron chi connectivity index (χ3n) is 4.69. The van der Waals surface area contributed by atoms with Crippen LogP contribution in [0.15, 0.2) is 0 Å². The van der Waals surface area contributed by atoms with Crippen LogP contribution < -0.4 is 5.32 Å². The van der Waals surface area contributed by atoms with Gasteiger partial charge in [-0.2, -0.15) is 0 Å². The molecule has 1 amide bonds. The van der Waals surface area contributed by atoms with Crippen LogP contribution in [-0.2, 0) is 4.79 Å². The van der Waals surface area contributed by atoms with Crippen LogP contribution in [0.3, 0.4) is 0 Å². The summed E-state index contributed by atoms with van der Waals surface area (Å²) in [5.74, 6) is 0.713. The molecular formula is C13H25ClN2O. The van der Waals surface area contributed by atoms with Crippen molar-refractivity contribution < 1.29 is 4.79 Å². The van der Waals surface area contributed by atoms with Crippen molar-refractivity contribution in [3.8, 4) is 0 Å². The monoisotopic (exact) mass is 260 g/mol. The van der Waals surface area contributed by atoms with E-state index < -0.39 is 0 Å². The fraction of sp³-hybridized carbons (Fsp3) is 0.923. The number of amides is 1. The molecule has 1 aliphatic heterocycles. The summed E-state index contributed by atoms with van der Waals surface area (Å²) in [6.45, 7) is 6.46. The lowest BCUT2D eigenvalue weighted by Crippen LogP contribution is -2.38. The maximum atomic E-state index is 12.3. The van der Waals surface area contributed by atoms with Gasteiger partial charge in [0.25, 0.3) is 0 Å². The summed E-state index contributed by atoms with van der Waals surface area (Å²) in [6, 6.07) is 0.381. The van der Waals surface area contributed by atoms with Crippen molar-refractivity contribution >= 4 is 18.3 Å². The highest BCUT2D eigenvalue weighted by Crippen LogP contribution is 2.59. The van der Waals surface area contributed by atoms with Crippen molar-refractivity contribution in [2.75, 3.05) is 20.1 Å².